The number of ether oxygens (including phenoxy) is 1. The molecule has 1 heterocycles. The highest BCUT2D eigenvalue weighted by Gasteiger charge is 2.19. The van der Waals surface area contributed by atoms with E-state index in [1.165, 1.54) is 25.3 Å². The second-order valence-corrected chi connectivity index (χ2v) is 8.14. The summed E-state index contributed by atoms with van der Waals surface area (Å²) in [6.07, 6.45) is 1.44. The number of Topliss-reactive ketones (excluding diaryl/α,β-unsaturated/α-hetero) is 1. The summed E-state index contributed by atoms with van der Waals surface area (Å²) in [5.41, 5.74) is 3.54. The molecule has 2 aromatic carbocycles. The molecule has 0 radical (unpaired) electrons. The van der Waals surface area contributed by atoms with Crippen molar-refractivity contribution in [2.45, 2.75) is 38.7 Å². The summed E-state index contributed by atoms with van der Waals surface area (Å²) in [7, 11) is 1.20. The van der Waals surface area contributed by atoms with E-state index < -0.39 is 24.3 Å². The molecule has 0 fully saturated rings. The lowest BCUT2D eigenvalue weighted by atomic mass is 9.96. The van der Waals surface area contributed by atoms with Gasteiger partial charge in [-0.15, -0.1) is 0 Å². The van der Waals surface area contributed by atoms with Crippen molar-refractivity contribution < 1.29 is 23.8 Å². The monoisotopic (exact) mass is 462 g/mol. The average molecular weight is 463 g/mol. The van der Waals surface area contributed by atoms with E-state index >= 15 is 0 Å². The lowest BCUT2D eigenvalue weighted by molar-refractivity contribution is -0.143. The number of aliphatic hydroxyl groups is 1. The van der Waals surface area contributed by atoms with Gasteiger partial charge in [-0.1, -0.05) is 56.3 Å². The summed E-state index contributed by atoms with van der Waals surface area (Å²) in [5, 5.41) is 10.4. The van der Waals surface area contributed by atoms with Gasteiger partial charge in [-0.25, -0.2) is 14.4 Å². The number of esters is 1. The number of rotatable bonds is 9. The van der Waals surface area contributed by atoms with E-state index in [-0.39, 0.29) is 18.2 Å². The van der Waals surface area contributed by atoms with E-state index in [1.54, 1.807) is 18.2 Å². The molecule has 0 spiro atoms. The molecule has 0 aliphatic rings. The smallest absolute Gasteiger partial charge is 0.313 e. The normalized spacial score (nSPS) is 12.2. The Morgan fingerprint density at radius 1 is 1.03 bits per heavy atom. The van der Waals surface area contributed by atoms with Crippen molar-refractivity contribution in [3.8, 4) is 22.6 Å². The van der Waals surface area contributed by atoms with Crippen LogP contribution < -0.4 is 0 Å². The Bertz CT molecular complexity index is 1180. The third kappa shape index (κ3) is 6.42. The number of nitrogens with zero attached hydrogens (tertiary/aromatic N) is 2. The highest BCUT2D eigenvalue weighted by molar-refractivity contribution is 5.95. The Balaban J connectivity index is 2.05. The zero-order chi connectivity index (χ0) is 24.7. The fraction of sp³-hybridized carbons (Fsp3) is 0.259. The standard InChI is InChI=1S/C27H27FN2O4/c1-17(2)25-23(14-13-21(31)15-22(32)16-24(33)34-3)26(18-9-11-20(28)12-10-18)30-27(29-25)19-7-5-4-6-8-19/h4-14,17,21,31H,15-16H2,1-3H3/b14-13+. The number of halogens is 1. The number of aliphatic hydroxyl groups excluding tert-OH is 1. The molecule has 6 nitrogen and oxygen atoms in total. The van der Waals surface area contributed by atoms with Gasteiger partial charge in [-0.3, -0.25) is 9.59 Å². The van der Waals surface area contributed by atoms with Gasteiger partial charge >= 0.3 is 5.97 Å². The minimum absolute atomic E-state index is 0.0161. The molecule has 1 aromatic heterocycles. The number of hydrogen-bond acceptors (Lipinski definition) is 6. The van der Waals surface area contributed by atoms with Crippen molar-refractivity contribution in [3.63, 3.8) is 0 Å². The quantitative estimate of drug-likeness (QED) is 0.357. The number of carbonyl (C=O) groups excluding carboxylic acids is 2. The predicted molar refractivity (Wildman–Crippen MR) is 128 cm³/mol. The van der Waals surface area contributed by atoms with Gasteiger partial charge in [0.15, 0.2) is 5.82 Å². The van der Waals surface area contributed by atoms with Crippen LogP contribution in [0.25, 0.3) is 28.7 Å². The number of carbonyl (C=O) groups is 2. The van der Waals surface area contributed by atoms with Gasteiger partial charge in [0, 0.05) is 23.1 Å². The third-order valence-electron chi connectivity index (χ3n) is 5.16. The topological polar surface area (TPSA) is 89.4 Å². The van der Waals surface area contributed by atoms with Crippen LogP contribution in [0.15, 0.2) is 60.7 Å². The first kappa shape index (κ1) is 24.9. The maximum absolute atomic E-state index is 13.6. The Morgan fingerprint density at radius 2 is 1.71 bits per heavy atom. The molecule has 0 saturated carbocycles. The average Bonchev–Trinajstić information content (AvgIpc) is 2.83. The molecular weight excluding hydrogens is 435 g/mol. The Kier molecular flexibility index (Phi) is 8.38. The van der Waals surface area contributed by atoms with E-state index in [9.17, 15) is 19.1 Å². The summed E-state index contributed by atoms with van der Waals surface area (Å²) < 4.78 is 18.1. The van der Waals surface area contributed by atoms with E-state index in [0.717, 1.165) is 11.3 Å². The molecule has 0 amide bonds. The molecule has 34 heavy (non-hydrogen) atoms. The summed E-state index contributed by atoms with van der Waals surface area (Å²) in [5.74, 6) is -0.881. The molecule has 1 unspecified atom stereocenters. The van der Waals surface area contributed by atoms with E-state index in [1.807, 2.05) is 44.2 Å². The van der Waals surface area contributed by atoms with Crippen molar-refractivity contribution >= 4 is 17.8 Å². The molecule has 0 bridgehead atoms. The number of hydrogen-bond donors (Lipinski definition) is 1. The molecule has 7 heteroatoms. The first-order valence-electron chi connectivity index (χ1n) is 11.0. The predicted octanol–water partition coefficient (Wildman–Crippen LogP) is 4.97. The second-order valence-electron chi connectivity index (χ2n) is 8.14. The molecule has 0 aliphatic heterocycles. The van der Waals surface area contributed by atoms with Crippen LogP contribution in [0.2, 0.25) is 0 Å². The zero-order valence-electron chi connectivity index (χ0n) is 19.4. The van der Waals surface area contributed by atoms with Gasteiger partial charge in [0.2, 0.25) is 0 Å². The van der Waals surface area contributed by atoms with Gasteiger partial charge < -0.3 is 9.84 Å². The Morgan fingerprint density at radius 3 is 2.32 bits per heavy atom. The number of ketones is 1. The fourth-order valence-electron chi connectivity index (χ4n) is 3.45. The van der Waals surface area contributed by atoms with Gasteiger partial charge in [0.1, 0.15) is 18.0 Å². The number of aromatic nitrogens is 2. The zero-order valence-corrected chi connectivity index (χ0v) is 19.4. The largest absolute Gasteiger partial charge is 0.469 e. The summed E-state index contributed by atoms with van der Waals surface area (Å²) in [6, 6.07) is 15.6. The lowest BCUT2D eigenvalue weighted by Crippen LogP contribution is -2.15. The van der Waals surface area contributed by atoms with Crippen LogP contribution in [-0.2, 0) is 14.3 Å². The molecule has 176 valence electrons. The van der Waals surface area contributed by atoms with Crippen LogP contribution in [0.1, 0.15) is 43.9 Å². The van der Waals surface area contributed by atoms with Crippen molar-refractivity contribution in [2.75, 3.05) is 7.11 Å². The fourth-order valence-corrected chi connectivity index (χ4v) is 3.45. The van der Waals surface area contributed by atoms with Crippen LogP contribution in [0, 0.1) is 5.82 Å². The van der Waals surface area contributed by atoms with Crippen LogP contribution in [0.4, 0.5) is 4.39 Å². The minimum Gasteiger partial charge on any atom is -0.469 e. The van der Waals surface area contributed by atoms with Gasteiger partial charge in [-0.2, -0.15) is 0 Å². The molecular formula is C27H27FN2O4. The highest BCUT2D eigenvalue weighted by atomic mass is 19.1. The summed E-state index contributed by atoms with van der Waals surface area (Å²) in [6.45, 7) is 4.00. The Labute approximate surface area is 198 Å². The third-order valence-corrected chi connectivity index (χ3v) is 5.16. The van der Waals surface area contributed by atoms with Crippen LogP contribution in [-0.4, -0.2) is 40.0 Å². The van der Waals surface area contributed by atoms with Crippen LogP contribution in [0.3, 0.4) is 0 Å². The molecule has 1 atom stereocenters. The van der Waals surface area contributed by atoms with Crippen molar-refractivity contribution in [3.05, 3.63) is 77.7 Å². The minimum atomic E-state index is -1.10. The molecule has 3 rings (SSSR count). The molecule has 1 N–H and O–H groups in total. The first-order valence-corrected chi connectivity index (χ1v) is 11.0. The SMILES string of the molecule is COC(=O)CC(=O)CC(O)/C=C/c1c(-c2ccc(F)cc2)nc(-c2ccccc2)nc1C(C)C. The van der Waals surface area contributed by atoms with Crippen molar-refractivity contribution in [2.24, 2.45) is 0 Å². The van der Waals surface area contributed by atoms with E-state index in [4.69, 9.17) is 9.97 Å². The molecule has 3 aromatic rings. The maximum Gasteiger partial charge on any atom is 0.313 e. The molecule has 0 aliphatic carbocycles. The Hall–Kier alpha value is -3.71. The van der Waals surface area contributed by atoms with Gasteiger partial charge in [0.05, 0.1) is 24.6 Å². The van der Waals surface area contributed by atoms with Crippen molar-refractivity contribution in [1.82, 2.24) is 9.97 Å². The number of benzene rings is 2. The second kappa shape index (κ2) is 11.4. The van der Waals surface area contributed by atoms with Gasteiger partial charge in [-0.05, 0) is 30.2 Å². The first-order chi connectivity index (χ1) is 16.3. The summed E-state index contributed by atoms with van der Waals surface area (Å²) in [4.78, 5) is 32.8. The lowest BCUT2D eigenvalue weighted by Gasteiger charge is -2.16. The number of methoxy groups -OCH3 is 1. The van der Waals surface area contributed by atoms with Crippen LogP contribution in [0.5, 0.6) is 0 Å². The highest BCUT2D eigenvalue weighted by Crippen LogP contribution is 2.32. The van der Waals surface area contributed by atoms with Crippen molar-refractivity contribution in [1.29, 1.82) is 0 Å². The van der Waals surface area contributed by atoms with Crippen LogP contribution >= 0.6 is 0 Å². The molecule has 0 saturated heterocycles. The summed E-state index contributed by atoms with van der Waals surface area (Å²) >= 11 is 0. The van der Waals surface area contributed by atoms with E-state index in [0.29, 0.717) is 22.6 Å². The maximum atomic E-state index is 13.6. The van der Waals surface area contributed by atoms with E-state index in [2.05, 4.69) is 4.74 Å². The van der Waals surface area contributed by atoms with Gasteiger partial charge in [0.25, 0.3) is 0 Å².